The Bertz CT molecular complexity index is 530. The molecule has 1 saturated heterocycles. The van der Waals surface area contributed by atoms with Gasteiger partial charge in [0.1, 0.15) is 4.90 Å². The topological polar surface area (TPSA) is 65.8 Å². The SMILES string of the molecule is CCN1CCN(S(=O)(=O)c2cc(CO)n(C)c2)CC1. The van der Waals surface area contributed by atoms with Crippen LogP contribution in [0.3, 0.4) is 0 Å². The maximum atomic E-state index is 12.5. The lowest BCUT2D eigenvalue weighted by Gasteiger charge is -2.32. The van der Waals surface area contributed by atoms with Gasteiger partial charge >= 0.3 is 0 Å². The summed E-state index contributed by atoms with van der Waals surface area (Å²) in [6.45, 7) is 5.47. The van der Waals surface area contributed by atoms with E-state index in [0.29, 0.717) is 18.8 Å². The van der Waals surface area contributed by atoms with Crippen molar-refractivity contribution in [3.8, 4) is 0 Å². The number of likely N-dealkylation sites (N-methyl/N-ethyl adjacent to an activating group) is 1. The average molecular weight is 287 g/mol. The molecule has 7 heteroatoms. The largest absolute Gasteiger partial charge is 0.390 e. The molecule has 0 bridgehead atoms. The van der Waals surface area contributed by atoms with Gasteiger partial charge in [0.25, 0.3) is 0 Å². The quantitative estimate of drug-likeness (QED) is 0.836. The van der Waals surface area contributed by atoms with Gasteiger partial charge in [0.2, 0.25) is 10.0 Å². The van der Waals surface area contributed by atoms with Crippen LogP contribution in [0.25, 0.3) is 0 Å². The molecule has 1 aliphatic rings. The van der Waals surface area contributed by atoms with Crippen LogP contribution in [0.15, 0.2) is 17.2 Å². The zero-order chi connectivity index (χ0) is 14.0. The number of aryl methyl sites for hydroxylation is 1. The standard InChI is InChI=1S/C12H21N3O3S/c1-3-14-4-6-15(7-5-14)19(17,18)12-8-11(10-16)13(2)9-12/h8-9,16H,3-7,10H2,1-2H3. The summed E-state index contributed by atoms with van der Waals surface area (Å²) < 4.78 is 28.1. The molecule has 0 saturated carbocycles. The molecule has 1 aliphatic heterocycles. The number of aromatic nitrogens is 1. The fourth-order valence-electron chi connectivity index (χ4n) is 2.31. The van der Waals surface area contributed by atoms with Gasteiger partial charge in [-0.05, 0) is 12.6 Å². The van der Waals surface area contributed by atoms with Crippen molar-refractivity contribution in [2.45, 2.75) is 18.4 Å². The second-order valence-corrected chi connectivity index (χ2v) is 6.71. The third-order valence-electron chi connectivity index (χ3n) is 3.66. The predicted octanol–water partition coefficient (Wildman–Crippen LogP) is -0.156. The van der Waals surface area contributed by atoms with E-state index in [-0.39, 0.29) is 11.5 Å². The lowest BCUT2D eigenvalue weighted by atomic mass is 10.4. The summed E-state index contributed by atoms with van der Waals surface area (Å²) >= 11 is 0. The van der Waals surface area contributed by atoms with Gasteiger partial charge in [-0.25, -0.2) is 8.42 Å². The summed E-state index contributed by atoms with van der Waals surface area (Å²) in [5.74, 6) is 0. The summed E-state index contributed by atoms with van der Waals surface area (Å²) in [5, 5.41) is 9.14. The highest BCUT2D eigenvalue weighted by molar-refractivity contribution is 7.89. The van der Waals surface area contributed by atoms with Gasteiger partial charge in [-0.15, -0.1) is 0 Å². The number of piperazine rings is 1. The highest BCUT2D eigenvalue weighted by Crippen LogP contribution is 2.20. The second-order valence-electron chi connectivity index (χ2n) is 4.77. The fourth-order valence-corrected chi connectivity index (χ4v) is 3.83. The van der Waals surface area contributed by atoms with E-state index in [4.69, 9.17) is 5.11 Å². The Hall–Kier alpha value is -0.890. The van der Waals surface area contributed by atoms with Crippen LogP contribution in [0.1, 0.15) is 12.6 Å². The summed E-state index contributed by atoms with van der Waals surface area (Å²) in [6.07, 6.45) is 1.56. The number of nitrogens with zero attached hydrogens (tertiary/aromatic N) is 3. The average Bonchev–Trinajstić information content (AvgIpc) is 2.81. The van der Waals surface area contributed by atoms with Crippen LogP contribution in [0, 0.1) is 0 Å². The Morgan fingerprint density at radius 3 is 2.37 bits per heavy atom. The molecule has 2 rings (SSSR count). The molecule has 0 unspecified atom stereocenters. The summed E-state index contributed by atoms with van der Waals surface area (Å²) in [6, 6.07) is 1.54. The van der Waals surface area contributed by atoms with E-state index < -0.39 is 10.0 Å². The molecule has 0 radical (unpaired) electrons. The number of aliphatic hydroxyl groups is 1. The van der Waals surface area contributed by atoms with Crippen LogP contribution in [-0.2, 0) is 23.7 Å². The molecule has 19 heavy (non-hydrogen) atoms. The Morgan fingerprint density at radius 2 is 1.89 bits per heavy atom. The fraction of sp³-hybridized carbons (Fsp3) is 0.667. The molecule has 6 nitrogen and oxygen atoms in total. The summed E-state index contributed by atoms with van der Waals surface area (Å²) in [7, 11) is -1.70. The van der Waals surface area contributed by atoms with Crippen LogP contribution < -0.4 is 0 Å². The molecule has 1 aromatic heterocycles. The lowest BCUT2D eigenvalue weighted by Crippen LogP contribution is -2.48. The minimum absolute atomic E-state index is 0.157. The van der Waals surface area contributed by atoms with Crippen molar-refractivity contribution in [1.29, 1.82) is 0 Å². The predicted molar refractivity (Wildman–Crippen MR) is 72.2 cm³/mol. The van der Waals surface area contributed by atoms with Gasteiger partial charge in [0, 0.05) is 45.1 Å². The van der Waals surface area contributed by atoms with Gasteiger partial charge in [0.15, 0.2) is 0 Å². The van der Waals surface area contributed by atoms with Crippen molar-refractivity contribution in [3.05, 3.63) is 18.0 Å². The highest BCUT2D eigenvalue weighted by Gasteiger charge is 2.29. The molecule has 108 valence electrons. The van der Waals surface area contributed by atoms with Crippen molar-refractivity contribution in [3.63, 3.8) is 0 Å². The van der Waals surface area contributed by atoms with Crippen molar-refractivity contribution in [2.75, 3.05) is 32.7 Å². The van der Waals surface area contributed by atoms with Gasteiger partial charge in [-0.2, -0.15) is 4.31 Å². The molecule has 0 aliphatic carbocycles. The first-order valence-electron chi connectivity index (χ1n) is 6.47. The van der Waals surface area contributed by atoms with Crippen LogP contribution in [0.4, 0.5) is 0 Å². The van der Waals surface area contributed by atoms with Crippen molar-refractivity contribution >= 4 is 10.0 Å². The Kier molecular flexibility index (Phi) is 4.29. The summed E-state index contributed by atoms with van der Waals surface area (Å²) in [4.78, 5) is 2.50. The number of aliphatic hydroxyl groups excluding tert-OH is 1. The molecule has 1 N–H and O–H groups in total. The lowest BCUT2D eigenvalue weighted by molar-refractivity contribution is 0.196. The van der Waals surface area contributed by atoms with Gasteiger partial charge < -0.3 is 14.6 Å². The van der Waals surface area contributed by atoms with E-state index in [1.165, 1.54) is 4.31 Å². The number of sulfonamides is 1. The van der Waals surface area contributed by atoms with E-state index in [2.05, 4.69) is 11.8 Å². The number of hydrogen-bond donors (Lipinski definition) is 1. The van der Waals surface area contributed by atoms with Gasteiger partial charge in [-0.3, -0.25) is 0 Å². The minimum atomic E-state index is -3.43. The van der Waals surface area contributed by atoms with Crippen molar-refractivity contribution in [2.24, 2.45) is 7.05 Å². The molecule has 1 fully saturated rings. The monoisotopic (exact) mass is 287 g/mol. The number of hydrogen-bond acceptors (Lipinski definition) is 4. The molecular weight excluding hydrogens is 266 g/mol. The Balaban J connectivity index is 2.18. The second kappa shape index (κ2) is 5.62. The van der Waals surface area contributed by atoms with Crippen LogP contribution in [0.2, 0.25) is 0 Å². The van der Waals surface area contributed by atoms with E-state index in [1.54, 1.807) is 23.9 Å². The van der Waals surface area contributed by atoms with Gasteiger partial charge in [-0.1, -0.05) is 6.92 Å². The zero-order valence-electron chi connectivity index (χ0n) is 11.4. The summed E-state index contributed by atoms with van der Waals surface area (Å²) in [5.41, 5.74) is 0.603. The maximum absolute atomic E-state index is 12.5. The molecule has 0 atom stereocenters. The van der Waals surface area contributed by atoms with Crippen LogP contribution >= 0.6 is 0 Å². The molecule has 0 aromatic carbocycles. The highest BCUT2D eigenvalue weighted by atomic mass is 32.2. The molecule has 0 spiro atoms. The van der Waals surface area contributed by atoms with Crippen LogP contribution in [0.5, 0.6) is 0 Å². The molecular formula is C12H21N3O3S. The Labute approximate surface area is 114 Å². The molecule has 1 aromatic rings. The first-order valence-corrected chi connectivity index (χ1v) is 7.91. The van der Waals surface area contributed by atoms with Crippen LogP contribution in [-0.4, -0.2) is 60.0 Å². The minimum Gasteiger partial charge on any atom is -0.390 e. The normalized spacial score (nSPS) is 18.9. The molecule has 0 amide bonds. The van der Waals surface area contributed by atoms with E-state index in [1.807, 2.05) is 0 Å². The third kappa shape index (κ3) is 2.84. The van der Waals surface area contributed by atoms with E-state index >= 15 is 0 Å². The van der Waals surface area contributed by atoms with E-state index in [9.17, 15) is 8.42 Å². The smallest absolute Gasteiger partial charge is 0.244 e. The molecule has 2 heterocycles. The van der Waals surface area contributed by atoms with Crippen molar-refractivity contribution in [1.82, 2.24) is 13.8 Å². The van der Waals surface area contributed by atoms with Crippen molar-refractivity contribution < 1.29 is 13.5 Å². The number of rotatable bonds is 4. The zero-order valence-corrected chi connectivity index (χ0v) is 12.2. The maximum Gasteiger partial charge on any atom is 0.244 e. The Morgan fingerprint density at radius 1 is 1.26 bits per heavy atom. The third-order valence-corrected chi connectivity index (χ3v) is 5.53. The first-order chi connectivity index (χ1) is 8.98. The first kappa shape index (κ1) is 14.5. The van der Waals surface area contributed by atoms with Gasteiger partial charge in [0.05, 0.1) is 6.61 Å². The van der Waals surface area contributed by atoms with E-state index in [0.717, 1.165) is 19.6 Å².